The van der Waals surface area contributed by atoms with Crippen molar-refractivity contribution in [2.45, 2.75) is 0 Å². The summed E-state index contributed by atoms with van der Waals surface area (Å²) in [4.78, 5) is 9.04. The molecule has 3 nitrogen and oxygen atoms in total. The van der Waals surface area contributed by atoms with Crippen LogP contribution in [0.4, 0.5) is 0 Å². The van der Waals surface area contributed by atoms with Crippen LogP contribution >= 0.6 is 22.7 Å². The van der Waals surface area contributed by atoms with E-state index in [2.05, 4.69) is 141 Å². The summed E-state index contributed by atoms with van der Waals surface area (Å²) in [5.74, 6) is 0. The minimum atomic E-state index is 1.02. The van der Waals surface area contributed by atoms with Crippen molar-refractivity contribution in [2.75, 3.05) is 0 Å². The summed E-state index contributed by atoms with van der Waals surface area (Å²) in [6, 6.07) is 41.6. The van der Waals surface area contributed by atoms with Crippen LogP contribution in [0, 0.1) is 0 Å². The average Bonchev–Trinajstić information content (AvgIpc) is 3.82. The third kappa shape index (κ3) is 4.27. The summed E-state index contributed by atoms with van der Waals surface area (Å²) in [6.07, 6.45) is 0. The maximum atomic E-state index is 4.52. The first-order valence-electron chi connectivity index (χ1n) is 13.4. The summed E-state index contributed by atoms with van der Waals surface area (Å²) in [6.45, 7) is 0. The van der Waals surface area contributed by atoms with E-state index in [0.717, 1.165) is 28.2 Å². The van der Waals surface area contributed by atoms with Crippen LogP contribution < -0.4 is 0 Å². The highest BCUT2D eigenvalue weighted by atomic mass is 32.1. The predicted molar refractivity (Wildman–Crippen MR) is 174 cm³/mol. The topological polar surface area (TPSA) is 30.7 Å². The highest BCUT2D eigenvalue weighted by molar-refractivity contribution is 7.08. The van der Waals surface area contributed by atoms with Gasteiger partial charge in [0.05, 0.1) is 33.4 Å². The Kier molecular flexibility index (Phi) is 5.83. The van der Waals surface area contributed by atoms with Gasteiger partial charge in [-0.15, -0.1) is 22.7 Å². The normalized spacial score (nSPS) is 11.4. The second-order valence-corrected chi connectivity index (χ2v) is 11.5. The second-order valence-electron chi connectivity index (χ2n) is 10.0. The quantitative estimate of drug-likeness (QED) is 0.209. The molecule has 5 heteroatoms. The molecule has 0 saturated carbocycles. The van der Waals surface area contributed by atoms with Crippen LogP contribution in [-0.4, -0.2) is 14.5 Å². The Hall–Kier alpha value is -4.84. The first kappa shape index (κ1) is 24.0. The second kappa shape index (κ2) is 9.97. The van der Waals surface area contributed by atoms with E-state index in [-0.39, 0.29) is 0 Å². The molecule has 0 spiro atoms. The Morgan fingerprint density at radius 1 is 0.439 bits per heavy atom. The molecule has 41 heavy (non-hydrogen) atoms. The number of nitrogens with zero attached hydrogens (tertiary/aromatic N) is 3. The van der Waals surface area contributed by atoms with Crippen molar-refractivity contribution in [2.24, 2.45) is 0 Å². The molecule has 0 saturated heterocycles. The Balaban J connectivity index is 1.32. The summed E-state index contributed by atoms with van der Waals surface area (Å²) in [5, 5.41) is 6.68. The van der Waals surface area contributed by atoms with Gasteiger partial charge in [0.15, 0.2) is 0 Å². The highest BCUT2D eigenvalue weighted by Crippen LogP contribution is 2.38. The first-order valence-corrected chi connectivity index (χ1v) is 15.3. The standard InChI is InChI=1S/C36H23N3S2/c1-2-10-30(11-3-1)39-35-18-26(24-6-4-8-28(16-24)33-20-40-22-37-33)12-14-31(35)32-15-13-27(19-36(32)39)25-7-5-9-29(17-25)34-21-41-23-38-34/h1-23H. The molecule has 194 valence electrons. The minimum absolute atomic E-state index is 1.02. The maximum absolute atomic E-state index is 4.52. The summed E-state index contributed by atoms with van der Waals surface area (Å²) < 4.78 is 2.40. The molecule has 0 fully saturated rings. The van der Waals surface area contributed by atoms with Crippen molar-refractivity contribution in [1.82, 2.24) is 14.5 Å². The monoisotopic (exact) mass is 561 g/mol. The lowest BCUT2D eigenvalue weighted by atomic mass is 9.99. The molecule has 0 atom stereocenters. The van der Waals surface area contributed by atoms with E-state index in [4.69, 9.17) is 0 Å². The van der Waals surface area contributed by atoms with Gasteiger partial charge in [-0.1, -0.05) is 78.9 Å². The van der Waals surface area contributed by atoms with Gasteiger partial charge >= 0.3 is 0 Å². The lowest BCUT2D eigenvalue weighted by Gasteiger charge is -2.10. The molecule has 8 aromatic rings. The highest BCUT2D eigenvalue weighted by Gasteiger charge is 2.15. The van der Waals surface area contributed by atoms with Gasteiger partial charge in [0.25, 0.3) is 0 Å². The van der Waals surface area contributed by atoms with E-state index in [1.807, 2.05) is 11.0 Å². The summed E-state index contributed by atoms with van der Waals surface area (Å²) in [5.41, 5.74) is 16.3. The number of para-hydroxylation sites is 1. The Morgan fingerprint density at radius 2 is 0.927 bits per heavy atom. The fourth-order valence-electron chi connectivity index (χ4n) is 5.66. The van der Waals surface area contributed by atoms with Gasteiger partial charge in [-0.05, 0) is 58.7 Å². The van der Waals surface area contributed by atoms with Gasteiger partial charge in [0.1, 0.15) is 0 Å². The molecule has 3 aromatic heterocycles. The maximum Gasteiger partial charge on any atom is 0.0811 e. The lowest BCUT2D eigenvalue weighted by molar-refractivity contribution is 1.18. The number of aromatic nitrogens is 3. The number of fused-ring (bicyclic) bond motifs is 3. The fraction of sp³-hybridized carbons (Fsp3) is 0. The molecule has 3 heterocycles. The average molecular weight is 562 g/mol. The summed E-state index contributed by atoms with van der Waals surface area (Å²) >= 11 is 3.24. The zero-order chi connectivity index (χ0) is 27.2. The SMILES string of the molecule is c1ccc(-n2c3cc(-c4cccc(-c5cscn5)c4)ccc3c3ccc(-c4cccc(-c5cscn5)c4)cc32)cc1. The third-order valence-corrected chi connectivity index (χ3v) is 8.80. The van der Waals surface area contributed by atoms with E-state index < -0.39 is 0 Å². The van der Waals surface area contributed by atoms with Gasteiger partial charge in [-0.3, -0.25) is 0 Å². The molecular weight excluding hydrogens is 539 g/mol. The Labute approximate surface area is 245 Å². The molecule has 0 unspecified atom stereocenters. The van der Waals surface area contributed by atoms with E-state index in [1.54, 1.807) is 22.7 Å². The first-order chi connectivity index (χ1) is 20.3. The van der Waals surface area contributed by atoms with Gasteiger partial charge in [-0.2, -0.15) is 0 Å². The van der Waals surface area contributed by atoms with Gasteiger partial charge in [0, 0.05) is 38.3 Å². The Bertz CT molecular complexity index is 2010. The third-order valence-electron chi connectivity index (χ3n) is 7.63. The van der Waals surface area contributed by atoms with Crippen LogP contribution in [0.15, 0.2) is 137 Å². The number of hydrogen-bond acceptors (Lipinski definition) is 4. The predicted octanol–water partition coefficient (Wildman–Crippen LogP) is 10.4. The van der Waals surface area contributed by atoms with Crippen molar-refractivity contribution >= 4 is 44.5 Å². The molecular formula is C36H23N3S2. The molecule has 0 bridgehead atoms. The largest absolute Gasteiger partial charge is 0.309 e. The van der Waals surface area contributed by atoms with Crippen molar-refractivity contribution in [3.8, 4) is 50.5 Å². The number of hydrogen-bond donors (Lipinski definition) is 0. The molecule has 5 aromatic carbocycles. The van der Waals surface area contributed by atoms with Crippen LogP contribution in [0.25, 0.3) is 72.3 Å². The van der Waals surface area contributed by atoms with Crippen molar-refractivity contribution in [3.05, 3.63) is 137 Å². The number of rotatable bonds is 5. The van der Waals surface area contributed by atoms with Gasteiger partial charge in [-0.25, -0.2) is 9.97 Å². The fourth-order valence-corrected chi connectivity index (χ4v) is 6.78. The van der Waals surface area contributed by atoms with E-state index in [1.165, 1.54) is 44.1 Å². The molecule has 0 amide bonds. The van der Waals surface area contributed by atoms with Crippen LogP contribution in [0.3, 0.4) is 0 Å². The molecule has 0 aliphatic carbocycles. The van der Waals surface area contributed by atoms with Crippen LogP contribution in [0.1, 0.15) is 0 Å². The van der Waals surface area contributed by atoms with Crippen molar-refractivity contribution in [3.63, 3.8) is 0 Å². The van der Waals surface area contributed by atoms with Crippen LogP contribution in [-0.2, 0) is 0 Å². The smallest absolute Gasteiger partial charge is 0.0811 e. The van der Waals surface area contributed by atoms with Crippen LogP contribution in [0.2, 0.25) is 0 Å². The number of benzene rings is 5. The zero-order valence-corrected chi connectivity index (χ0v) is 23.6. The van der Waals surface area contributed by atoms with Gasteiger partial charge < -0.3 is 4.57 Å². The minimum Gasteiger partial charge on any atom is -0.309 e. The molecule has 0 radical (unpaired) electrons. The van der Waals surface area contributed by atoms with E-state index >= 15 is 0 Å². The van der Waals surface area contributed by atoms with E-state index in [9.17, 15) is 0 Å². The molecule has 0 aliphatic heterocycles. The lowest BCUT2D eigenvalue weighted by Crippen LogP contribution is -1.94. The summed E-state index contributed by atoms with van der Waals surface area (Å²) in [7, 11) is 0. The number of thiazole rings is 2. The molecule has 8 rings (SSSR count). The molecule has 0 aliphatic rings. The van der Waals surface area contributed by atoms with E-state index in [0.29, 0.717) is 0 Å². The molecule has 0 N–H and O–H groups in total. The van der Waals surface area contributed by atoms with Crippen molar-refractivity contribution < 1.29 is 0 Å². The van der Waals surface area contributed by atoms with Crippen LogP contribution in [0.5, 0.6) is 0 Å². The Morgan fingerprint density at radius 3 is 1.41 bits per heavy atom. The zero-order valence-electron chi connectivity index (χ0n) is 21.9. The van der Waals surface area contributed by atoms with Gasteiger partial charge in [0.2, 0.25) is 0 Å². The van der Waals surface area contributed by atoms with Crippen molar-refractivity contribution in [1.29, 1.82) is 0 Å².